The Kier molecular flexibility index (Phi) is 2.70. The number of nitrogens with two attached hydrogens (primary N) is 1. The standard InChI is InChI=1S/C10H17N3O2/c1-7(2)6-13-10-8(9(11)12-13)14-4-3-5-15-10/h7H,3-6H2,1-2H3,(H2,11,12). The molecule has 0 atom stereocenters. The Morgan fingerprint density at radius 2 is 2.13 bits per heavy atom. The highest BCUT2D eigenvalue weighted by atomic mass is 16.5. The van der Waals surface area contributed by atoms with Gasteiger partial charge in [-0.2, -0.15) is 0 Å². The van der Waals surface area contributed by atoms with Gasteiger partial charge in [0, 0.05) is 13.0 Å². The summed E-state index contributed by atoms with van der Waals surface area (Å²) in [5, 5.41) is 4.22. The maximum absolute atomic E-state index is 5.77. The van der Waals surface area contributed by atoms with Gasteiger partial charge >= 0.3 is 0 Å². The zero-order valence-corrected chi connectivity index (χ0v) is 9.19. The Bertz CT molecular complexity index is 347. The minimum atomic E-state index is 0.424. The molecule has 0 fully saturated rings. The minimum absolute atomic E-state index is 0.424. The van der Waals surface area contributed by atoms with Gasteiger partial charge in [-0.1, -0.05) is 13.8 Å². The lowest BCUT2D eigenvalue weighted by Crippen LogP contribution is -2.09. The van der Waals surface area contributed by atoms with E-state index >= 15 is 0 Å². The monoisotopic (exact) mass is 211 g/mol. The van der Waals surface area contributed by atoms with Crippen LogP contribution in [0.15, 0.2) is 0 Å². The Morgan fingerprint density at radius 3 is 2.87 bits per heavy atom. The van der Waals surface area contributed by atoms with Gasteiger partial charge in [-0.15, -0.1) is 5.10 Å². The second-order valence-corrected chi connectivity index (χ2v) is 4.15. The van der Waals surface area contributed by atoms with E-state index < -0.39 is 0 Å². The Balaban J connectivity index is 2.31. The first-order chi connectivity index (χ1) is 7.18. The largest absolute Gasteiger partial charge is 0.485 e. The third kappa shape index (κ3) is 2.00. The SMILES string of the molecule is CC(C)Cn1nc(N)c2c1OCCCO2. The second-order valence-electron chi connectivity index (χ2n) is 4.15. The van der Waals surface area contributed by atoms with Gasteiger partial charge in [0.05, 0.1) is 13.2 Å². The summed E-state index contributed by atoms with van der Waals surface area (Å²) in [5.74, 6) is 2.21. The van der Waals surface area contributed by atoms with Crippen molar-refractivity contribution in [2.45, 2.75) is 26.8 Å². The van der Waals surface area contributed by atoms with E-state index in [4.69, 9.17) is 15.2 Å². The molecule has 0 bridgehead atoms. The molecule has 0 saturated carbocycles. The Labute approximate surface area is 89.2 Å². The molecule has 84 valence electrons. The lowest BCUT2D eigenvalue weighted by atomic mass is 10.2. The van der Waals surface area contributed by atoms with Crippen molar-refractivity contribution < 1.29 is 9.47 Å². The molecule has 0 unspecified atom stereocenters. The van der Waals surface area contributed by atoms with Gasteiger partial charge in [-0.3, -0.25) is 0 Å². The van der Waals surface area contributed by atoms with Gasteiger partial charge < -0.3 is 15.2 Å². The van der Waals surface area contributed by atoms with Crippen LogP contribution in [0.3, 0.4) is 0 Å². The number of ether oxygens (including phenoxy) is 2. The highest BCUT2D eigenvalue weighted by Gasteiger charge is 2.21. The summed E-state index contributed by atoms with van der Waals surface area (Å²) in [7, 11) is 0. The minimum Gasteiger partial charge on any atom is -0.485 e. The Morgan fingerprint density at radius 1 is 1.40 bits per heavy atom. The summed E-state index contributed by atoms with van der Waals surface area (Å²) < 4.78 is 12.9. The van der Waals surface area contributed by atoms with Crippen LogP contribution in [-0.4, -0.2) is 23.0 Å². The first-order valence-corrected chi connectivity index (χ1v) is 5.30. The van der Waals surface area contributed by atoms with Crippen LogP contribution in [0.5, 0.6) is 11.6 Å². The molecule has 1 aliphatic heterocycles. The van der Waals surface area contributed by atoms with Crippen molar-refractivity contribution in [2.75, 3.05) is 18.9 Å². The number of nitrogens with zero attached hydrogens (tertiary/aromatic N) is 2. The molecule has 2 heterocycles. The molecule has 0 amide bonds. The normalized spacial score (nSPS) is 15.4. The summed E-state index contributed by atoms with van der Waals surface area (Å²) in [5.41, 5.74) is 5.77. The van der Waals surface area contributed by atoms with Crippen molar-refractivity contribution in [3.8, 4) is 11.6 Å². The molecule has 0 saturated heterocycles. The lowest BCUT2D eigenvalue weighted by molar-refractivity contribution is 0.273. The fraction of sp³-hybridized carbons (Fsp3) is 0.700. The molecule has 5 heteroatoms. The van der Waals surface area contributed by atoms with Gasteiger partial charge in [0.2, 0.25) is 5.75 Å². The molecule has 2 N–H and O–H groups in total. The van der Waals surface area contributed by atoms with Crippen LogP contribution in [0, 0.1) is 5.92 Å². The van der Waals surface area contributed by atoms with E-state index in [1.807, 2.05) is 0 Å². The molecule has 2 rings (SSSR count). The molecular weight excluding hydrogens is 194 g/mol. The van der Waals surface area contributed by atoms with Gasteiger partial charge in [0.1, 0.15) is 0 Å². The number of fused-ring (bicyclic) bond motifs is 1. The quantitative estimate of drug-likeness (QED) is 0.800. The van der Waals surface area contributed by atoms with E-state index in [9.17, 15) is 0 Å². The maximum Gasteiger partial charge on any atom is 0.258 e. The van der Waals surface area contributed by atoms with Crippen molar-refractivity contribution in [3.63, 3.8) is 0 Å². The third-order valence-electron chi connectivity index (χ3n) is 2.20. The maximum atomic E-state index is 5.77. The smallest absolute Gasteiger partial charge is 0.258 e. The molecule has 15 heavy (non-hydrogen) atoms. The summed E-state index contributed by atoms with van der Waals surface area (Å²) in [6, 6.07) is 0. The number of rotatable bonds is 2. The van der Waals surface area contributed by atoms with Crippen LogP contribution in [0.25, 0.3) is 0 Å². The van der Waals surface area contributed by atoms with Crippen LogP contribution in [0.2, 0.25) is 0 Å². The molecule has 0 radical (unpaired) electrons. The van der Waals surface area contributed by atoms with Crippen LogP contribution in [-0.2, 0) is 6.54 Å². The fourth-order valence-electron chi connectivity index (χ4n) is 1.59. The number of nitrogen functional groups attached to an aromatic ring is 1. The highest BCUT2D eigenvalue weighted by molar-refractivity contribution is 5.53. The molecule has 1 aromatic rings. The summed E-state index contributed by atoms with van der Waals surface area (Å²) in [4.78, 5) is 0. The van der Waals surface area contributed by atoms with E-state index in [1.165, 1.54) is 0 Å². The zero-order chi connectivity index (χ0) is 10.8. The molecule has 1 aliphatic rings. The van der Waals surface area contributed by atoms with Crippen LogP contribution in [0.4, 0.5) is 5.82 Å². The lowest BCUT2D eigenvalue weighted by Gasteiger charge is -2.09. The van der Waals surface area contributed by atoms with Crippen molar-refractivity contribution >= 4 is 5.82 Å². The van der Waals surface area contributed by atoms with E-state index in [2.05, 4.69) is 18.9 Å². The summed E-state index contributed by atoms with van der Waals surface area (Å²) in [6.07, 6.45) is 0.885. The average molecular weight is 211 g/mol. The predicted octanol–water partition coefficient (Wildman–Crippen LogP) is 1.28. The van der Waals surface area contributed by atoms with Gasteiger partial charge in [-0.25, -0.2) is 4.68 Å². The molecule has 0 aromatic carbocycles. The van der Waals surface area contributed by atoms with Crippen LogP contribution in [0.1, 0.15) is 20.3 Å². The van der Waals surface area contributed by atoms with Gasteiger partial charge in [0.15, 0.2) is 5.82 Å². The topological polar surface area (TPSA) is 62.3 Å². The number of anilines is 1. The van der Waals surface area contributed by atoms with E-state index in [0.717, 1.165) is 13.0 Å². The molecule has 0 aliphatic carbocycles. The van der Waals surface area contributed by atoms with Crippen molar-refractivity contribution in [1.29, 1.82) is 0 Å². The number of hydrogen-bond donors (Lipinski definition) is 1. The van der Waals surface area contributed by atoms with Crippen LogP contribution >= 0.6 is 0 Å². The van der Waals surface area contributed by atoms with Gasteiger partial charge in [0.25, 0.3) is 5.88 Å². The molecular formula is C10H17N3O2. The van der Waals surface area contributed by atoms with Gasteiger partial charge in [-0.05, 0) is 5.92 Å². The van der Waals surface area contributed by atoms with Crippen molar-refractivity contribution in [2.24, 2.45) is 5.92 Å². The van der Waals surface area contributed by atoms with E-state index in [1.54, 1.807) is 4.68 Å². The fourth-order valence-corrected chi connectivity index (χ4v) is 1.59. The Hall–Kier alpha value is -1.39. The highest BCUT2D eigenvalue weighted by Crippen LogP contribution is 2.35. The van der Waals surface area contributed by atoms with Crippen molar-refractivity contribution in [1.82, 2.24) is 9.78 Å². The molecule has 1 aromatic heterocycles. The average Bonchev–Trinajstić information content (AvgIpc) is 2.40. The van der Waals surface area contributed by atoms with Crippen molar-refractivity contribution in [3.05, 3.63) is 0 Å². The second kappa shape index (κ2) is 4.00. The summed E-state index contributed by atoms with van der Waals surface area (Å²) >= 11 is 0. The third-order valence-corrected chi connectivity index (χ3v) is 2.20. The number of hydrogen-bond acceptors (Lipinski definition) is 4. The first-order valence-electron chi connectivity index (χ1n) is 5.30. The first kappa shape index (κ1) is 10.1. The van der Waals surface area contributed by atoms with E-state index in [-0.39, 0.29) is 0 Å². The summed E-state index contributed by atoms with van der Waals surface area (Å²) in [6.45, 7) is 6.35. The van der Waals surface area contributed by atoms with Crippen LogP contribution < -0.4 is 15.2 Å². The molecule has 5 nitrogen and oxygen atoms in total. The van der Waals surface area contributed by atoms with E-state index in [0.29, 0.717) is 36.6 Å². The zero-order valence-electron chi connectivity index (χ0n) is 9.19. The number of aromatic nitrogens is 2. The predicted molar refractivity (Wildman–Crippen MR) is 57.1 cm³/mol. The molecule has 0 spiro atoms.